The second-order valence-corrected chi connectivity index (χ2v) is 7.89. The summed E-state index contributed by atoms with van der Waals surface area (Å²) < 4.78 is 10.6. The Bertz CT molecular complexity index is 891. The van der Waals surface area contributed by atoms with Gasteiger partial charge in [-0.05, 0) is 37.4 Å². The first kappa shape index (κ1) is 21.2. The third-order valence-electron chi connectivity index (χ3n) is 5.99. The molecule has 2 saturated heterocycles. The first-order chi connectivity index (χ1) is 15.1. The highest BCUT2D eigenvalue weighted by Crippen LogP contribution is 2.28. The van der Waals surface area contributed by atoms with Crippen LogP contribution in [0.1, 0.15) is 10.4 Å². The Morgan fingerprint density at radius 3 is 1.84 bits per heavy atom. The number of hydrogen-bond donors (Lipinski definition) is 0. The van der Waals surface area contributed by atoms with E-state index in [9.17, 15) is 4.79 Å². The van der Waals surface area contributed by atoms with Crippen LogP contribution >= 0.6 is 0 Å². The van der Waals surface area contributed by atoms with Crippen LogP contribution in [0.3, 0.4) is 0 Å². The lowest BCUT2D eigenvalue weighted by Gasteiger charge is -2.36. The zero-order valence-corrected chi connectivity index (χ0v) is 18.5. The number of piperazine rings is 2. The molecule has 166 valence electrons. The molecule has 0 spiro atoms. The third kappa shape index (κ3) is 4.66. The molecule has 1 aromatic carbocycles. The van der Waals surface area contributed by atoms with E-state index in [1.165, 1.54) is 0 Å². The molecule has 2 aliphatic heterocycles. The maximum absolute atomic E-state index is 12.9. The molecule has 0 N–H and O–H groups in total. The summed E-state index contributed by atoms with van der Waals surface area (Å²) in [6, 6.07) is 9.36. The van der Waals surface area contributed by atoms with Crippen LogP contribution < -0.4 is 19.3 Å². The highest BCUT2D eigenvalue weighted by molar-refractivity contribution is 5.95. The molecule has 0 saturated carbocycles. The SMILES string of the molecule is COc1ccc(C(=O)N2CCN(c3ccc(N4CCN(C)CC4)nn3)CC2)cc1OC. The largest absolute Gasteiger partial charge is 0.493 e. The van der Waals surface area contributed by atoms with Gasteiger partial charge >= 0.3 is 0 Å². The normalized spacial score (nSPS) is 17.6. The molecule has 0 bridgehead atoms. The highest BCUT2D eigenvalue weighted by atomic mass is 16.5. The van der Waals surface area contributed by atoms with Gasteiger partial charge in [0.05, 0.1) is 14.2 Å². The van der Waals surface area contributed by atoms with E-state index < -0.39 is 0 Å². The average molecular weight is 427 g/mol. The van der Waals surface area contributed by atoms with Gasteiger partial charge in [-0.1, -0.05) is 0 Å². The molecule has 31 heavy (non-hydrogen) atoms. The van der Waals surface area contributed by atoms with E-state index >= 15 is 0 Å². The molecule has 9 nitrogen and oxygen atoms in total. The van der Waals surface area contributed by atoms with E-state index in [-0.39, 0.29) is 5.91 Å². The lowest BCUT2D eigenvalue weighted by Crippen LogP contribution is -2.49. The van der Waals surface area contributed by atoms with Crippen LogP contribution in [-0.2, 0) is 0 Å². The van der Waals surface area contributed by atoms with E-state index in [1.54, 1.807) is 32.4 Å². The van der Waals surface area contributed by atoms with E-state index in [4.69, 9.17) is 9.47 Å². The molecule has 2 aliphatic rings. The van der Waals surface area contributed by atoms with Crippen LogP contribution in [0.15, 0.2) is 30.3 Å². The van der Waals surface area contributed by atoms with Gasteiger partial charge in [-0.25, -0.2) is 0 Å². The Morgan fingerprint density at radius 1 is 0.774 bits per heavy atom. The molecular formula is C22H30N6O3. The zero-order valence-electron chi connectivity index (χ0n) is 18.5. The van der Waals surface area contributed by atoms with Crippen molar-refractivity contribution < 1.29 is 14.3 Å². The Labute approximate surface area is 183 Å². The number of rotatable bonds is 5. The Kier molecular flexibility index (Phi) is 6.41. The molecule has 2 fully saturated rings. The number of likely N-dealkylation sites (N-methyl/N-ethyl adjacent to an activating group) is 1. The molecule has 0 radical (unpaired) electrons. The Balaban J connectivity index is 1.34. The number of benzene rings is 1. The summed E-state index contributed by atoms with van der Waals surface area (Å²) in [5, 5.41) is 8.90. The van der Waals surface area contributed by atoms with Crippen molar-refractivity contribution in [1.82, 2.24) is 20.0 Å². The summed E-state index contributed by atoms with van der Waals surface area (Å²) in [5.41, 5.74) is 0.599. The van der Waals surface area contributed by atoms with Crippen LogP contribution in [0.2, 0.25) is 0 Å². The predicted molar refractivity (Wildman–Crippen MR) is 119 cm³/mol. The molecule has 1 amide bonds. The van der Waals surface area contributed by atoms with Crippen LogP contribution in [0.5, 0.6) is 11.5 Å². The number of amides is 1. The minimum absolute atomic E-state index is 0.00268. The van der Waals surface area contributed by atoms with Gasteiger partial charge in [-0.3, -0.25) is 4.79 Å². The summed E-state index contributed by atoms with van der Waals surface area (Å²) >= 11 is 0. The van der Waals surface area contributed by atoms with E-state index in [0.717, 1.165) is 50.9 Å². The summed E-state index contributed by atoms with van der Waals surface area (Å²) in [5.74, 6) is 2.96. The molecular weight excluding hydrogens is 396 g/mol. The van der Waals surface area contributed by atoms with E-state index in [1.807, 2.05) is 11.0 Å². The summed E-state index contributed by atoms with van der Waals surface area (Å²) in [6.45, 7) is 6.75. The first-order valence-corrected chi connectivity index (χ1v) is 10.6. The minimum atomic E-state index is -0.00268. The van der Waals surface area contributed by atoms with Crippen molar-refractivity contribution in [3.05, 3.63) is 35.9 Å². The molecule has 2 aromatic rings. The van der Waals surface area contributed by atoms with Crippen molar-refractivity contribution in [2.45, 2.75) is 0 Å². The predicted octanol–water partition coefficient (Wildman–Crippen LogP) is 1.21. The van der Waals surface area contributed by atoms with Crippen molar-refractivity contribution >= 4 is 17.5 Å². The number of carbonyl (C=O) groups excluding carboxylic acids is 1. The number of hydrogen-bond acceptors (Lipinski definition) is 8. The second-order valence-electron chi connectivity index (χ2n) is 7.89. The molecule has 4 rings (SSSR count). The van der Waals surface area contributed by atoms with Gasteiger partial charge in [0.2, 0.25) is 0 Å². The van der Waals surface area contributed by atoms with Crippen LogP contribution in [0, 0.1) is 0 Å². The van der Waals surface area contributed by atoms with Crippen LogP contribution in [0.4, 0.5) is 11.6 Å². The van der Waals surface area contributed by atoms with Crippen molar-refractivity contribution in [2.75, 3.05) is 83.4 Å². The van der Waals surface area contributed by atoms with Gasteiger partial charge in [0, 0.05) is 57.9 Å². The topological polar surface area (TPSA) is 74.3 Å². The van der Waals surface area contributed by atoms with E-state index in [0.29, 0.717) is 30.2 Å². The lowest BCUT2D eigenvalue weighted by atomic mass is 10.1. The number of methoxy groups -OCH3 is 2. The fourth-order valence-corrected chi connectivity index (χ4v) is 3.98. The van der Waals surface area contributed by atoms with E-state index in [2.05, 4.69) is 38.0 Å². The van der Waals surface area contributed by atoms with Gasteiger partial charge in [0.25, 0.3) is 5.91 Å². The number of aromatic nitrogens is 2. The molecule has 0 unspecified atom stereocenters. The average Bonchev–Trinajstić information content (AvgIpc) is 2.84. The summed E-state index contributed by atoms with van der Waals surface area (Å²) in [4.78, 5) is 21.6. The lowest BCUT2D eigenvalue weighted by molar-refractivity contribution is 0.0746. The third-order valence-corrected chi connectivity index (χ3v) is 5.99. The molecule has 1 aromatic heterocycles. The molecule has 3 heterocycles. The quantitative estimate of drug-likeness (QED) is 0.706. The Morgan fingerprint density at radius 2 is 1.32 bits per heavy atom. The van der Waals surface area contributed by atoms with Crippen LogP contribution in [-0.4, -0.2) is 99.5 Å². The fraction of sp³-hybridized carbons (Fsp3) is 0.500. The maximum atomic E-state index is 12.9. The second kappa shape index (κ2) is 9.38. The molecule has 0 atom stereocenters. The number of carbonyl (C=O) groups is 1. The maximum Gasteiger partial charge on any atom is 0.254 e. The fourth-order valence-electron chi connectivity index (χ4n) is 3.98. The summed E-state index contributed by atoms with van der Waals surface area (Å²) in [6.07, 6.45) is 0. The standard InChI is InChI=1S/C22H30N6O3/c1-25-8-10-26(11-9-25)20-6-7-21(24-23-20)27-12-14-28(15-13-27)22(29)17-4-5-18(30-2)19(16-17)31-3/h4-7,16H,8-15H2,1-3H3. The number of ether oxygens (including phenoxy) is 2. The van der Waals surface area contributed by atoms with Gasteiger partial charge in [-0.2, -0.15) is 0 Å². The van der Waals surface area contributed by atoms with Gasteiger partial charge < -0.3 is 29.1 Å². The number of anilines is 2. The summed E-state index contributed by atoms with van der Waals surface area (Å²) in [7, 11) is 5.29. The number of nitrogens with zero attached hydrogens (tertiary/aromatic N) is 6. The molecule has 9 heteroatoms. The van der Waals surface area contributed by atoms with Gasteiger partial charge in [-0.15, -0.1) is 10.2 Å². The van der Waals surface area contributed by atoms with Crippen LogP contribution in [0.25, 0.3) is 0 Å². The van der Waals surface area contributed by atoms with Gasteiger partial charge in [0.15, 0.2) is 23.1 Å². The van der Waals surface area contributed by atoms with Crippen molar-refractivity contribution in [1.29, 1.82) is 0 Å². The monoisotopic (exact) mass is 426 g/mol. The van der Waals surface area contributed by atoms with Crippen molar-refractivity contribution in [3.8, 4) is 11.5 Å². The van der Waals surface area contributed by atoms with Crippen molar-refractivity contribution in [3.63, 3.8) is 0 Å². The first-order valence-electron chi connectivity index (χ1n) is 10.6. The minimum Gasteiger partial charge on any atom is -0.493 e. The zero-order chi connectivity index (χ0) is 21.8. The molecule has 0 aliphatic carbocycles. The smallest absolute Gasteiger partial charge is 0.254 e. The van der Waals surface area contributed by atoms with Crippen molar-refractivity contribution in [2.24, 2.45) is 0 Å². The van der Waals surface area contributed by atoms with Gasteiger partial charge in [0.1, 0.15) is 0 Å². The highest BCUT2D eigenvalue weighted by Gasteiger charge is 2.24. The Hall–Kier alpha value is -3.07.